The number of aryl methyl sites for hydroxylation is 1. The third-order valence-corrected chi connectivity index (χ3v) is 4.12. The fourth-order valence-electron chi connectivity index (χ4n) is 2.97. The highest BCUT2D eigenvalue weighted by Crippen LogP contribution is 2.34. The molecule has 4 nitrogen and oxygen atoms in total. The maximum Gasteiger partial charge on any atom is 0.119 e. The van der Waals surface area contributed by atoms with Crippen molar-refractivity contribution in [3.63, 3.8) is 0 Å². The van der Waals surface area contributed by atoms with Crippen LogP contribution in [0, 0.1) is 0 Å². The van der Waals surface area contributed by atoms with Gasteiger partial charge in [0.2, 0.25) is 0 Å². The highest BCUT2D eigenvalue weighted by atomic mass is 16.5. The minimum atomic E-state index is 0.735. The van der Waals surface area contributed by atoms with Gasteiger partial charge in [-0.1, -0.05) is 0 Å². The predicted octanol–water partition coefficient (Wildman–Crippen LogP) is 3.55. The number of hydrogen-bond acceptors (Lipinski definition) is 3. The summed E-state index contributed by atoms with van der Waals surface area (Å²) in [5.74, 6) is 1.74. The minimum Gasteiger partial charge on any atom is -0.497 e. The van der Waals surface area contributed by atoms with Gasteiger partial charge >= 0.3 is 0 Å². The van der Waals surface area contributed by atoms with Gasteiger partial charge in [-0.15, -0.1) is 0 Å². The van der Waals surface area contributed by atoms with Crippen LogP contribution in [-0.4, -0.2) is 25.3 Å². The van der Waals surface area contributed by atoms with Crippen LogP contribution in [0.5, 0.6) is 11.5 Å². The van der Waals surface area contributed by atoms with Crippen LogP contribution in [0.2, 0.25) is 0 Å². The van der Waals surface area contributed by atoms with Crippen molar-refractivity contribution in [1.82, 2.24) is 4.57 Å². The molecule has 0 fully saturated rings. The molecule has 0 radical (unpaired) electrons. The van der Waals surface area contributed by atoms with Gasteiger partial charge in [0.1, 0.15) is 11.5 Å². The number of ether oxygens (including phenoxy) is 2. The third kappa shape index (κ3) is 2.50. The second-order valence-corrected chi connectivity index (χ2v) is 5.41. The second-order valence-electron chi connectivity index (χ2n) is 5.41. The summed E-state index contributed by atoms with van der Waals surface area (Å²) in [7, 11) is 3.39. The summed E-state index contributed by atoms with van der Waals surface area (Å²) in [6.07, 6.45) is 2.11. The number of nitrogens with two attached hydrogens (primary N) is 1. The Labute approximate surface area is 130 Å². The van der Waals surface area contributed by atoms with Gasteiger partial charge in [-0.3, -0.25) is 0 Å². The van der Waals surface area contributed by atoms with Gasteiger partial charge in [-0.25, -0.2) is 0 Å². The zero-order valence-corrected chi connectivity index (χ0v) is 13.1. The van der Waals surface area contributed by atoms with Crippen molar-refractivity contribution >= 4 is 21.8 Å². The van der Waals surface area contributed by atoms with E-state index in [2.05, 4.69) is 28.8 Å². The molecular formula is C18H22N2O2. The molecule has 0 saturated heterocycles. The number of nitrogens with zero attached hydrogens (tertiary/aromatic N) is 1. The van der Waals surface area contributed by atoms with Gasteiger partial charge < -0.3 is 19.8 Å². The van der Waals surface area contributed by atoms with Crippen LogP contribution in [0.4, 0.5) is 0 Å². The molecule has 2 aromatic carbocycles. The molecule has 4 heteroatoms. The van der Waals surface area contributed by atoms with Gasteiger partial charge in [0.05, 0.1) is 14.2 Å². The van der Waals surface area contributed by atoms with E-state index in [0.717, 1.165) is 37.4 Å². The van der Waals surface area contributed by atoms with Gasteiger partial charge in [0.15, 0.2) is 0 Å². The van der Waals surface area contributed by atoms with Crippen LogP contribution in [0.15, 0.2) is 36.4 Å². The molecule has 22 heavy (non-hydrogen) atoms. The van der Waals surface area contributed by atoms with Crippen LogP contribution < -0.4 is 15.2 Å². The first-order valence-corrected chi connectivity index (χ1v) is 7.62. The van der Waals surface area contributed by atoms with Crippen LogP contribution in [0.1, 0.15) is 12.8 Å². The minimum absolute atomic E-state index is 0.735. The summed E-state index contributed by atoms with van der Waals surface area (Å²) in [5, 5.41) is 2.39. The SMILES string of the molecule is COc1ccc2c(c1)c1cc(OC)ccc1n2CCCCN. The van der Waals surface area contributed by atoms with Crippen LogP contribution in [0.3, 0.4) is 0 Å². The van der Waals surface area contributed by atoms with Crippen molar-refractivity contribution in [1.29, 1.82) is 0 Å². The van der Waals surface area contributed by atoms with Crippen molar-refractivity contribution < 1.29 is 9.47 Å². The van der Waals surface area contributed by atoms with Crippen LogP contribution in [-0.2, 0) is 6.54 Å². The van der Waals surface area contributed by atoms with Gasteiger partial charge in [-0.2, -0.15) is 0 Å². The molecule has 3 rings (SSSR count). The predicted molar refractivity (Wildman–Crippen MR) is 90.8 cm³/mol. The van der Waals surface area contributed by atoms with Crippen molar-refractivity contribution in [2.45, 2.75) is 19.4 Å². The first kappa shape index (κ1) is 14.7. The molecule has 0 amide bonds. The van der Waals surface area contributed by atoms with Crippen LogP contribution in [0.25, 0.3) is 21.8 Å². The normalized spacial score (nSPS) is 11.2. The number of unbranched alkanes of at least 4 members (excludes halogenated alkanes) is 1. The van der Waals surface area contributed by atoms with E-state index < -0.39 is 0 Å². The van der Waals surface area contributed by atoms with Gasteiger partial charge in [0, 0.05) is 28.4 Å². The van der Waals surface area contributed by atoms with Gasteiger partial charge in [-0.05, 0) is 55.8 Å². The number of fused-ring (bicyclic) bond motifs is 3. The largest absolute Gasteiger partial charge is 0.497 e. The molecular weight excluding hydrogens is 276 g/mol. The summed E-state index contributed by atoms with van der Waals surface area (Å²) >= 11 is 0. The molecule has 0 unspecified atom stereocenters. The molecule has 0 saturated carbocycles. The van der Waals surface area contributed by atoms with E-state index in [-0.39, 0.29) is 0 Å². The lowest BCUT2D eigenvalue weighted by Gasteiger charge is -2.07. The Morgan fingerprint density at radius 1 is 0.864 bits per heavy atom. The van der Waals surface area contributed by atoms with Crippen LogP contribution >= 0.6 is 0 Å². The lowest BCUT2D eigenvalue weighted by Crippen LogP contribution is -2.03. The second kappa shape index (κ2) is 6.28. The Kier molecular flexibility index (Phi) is 4.20. The van der Waals surface area contributed by atoms with E-state index in [4.69, 9.17) is 15.2 Å². The van der Waals surface area contributed by atoms with Crippen molar-refractivity contribution in [2.75, 3.05) is 20.8 Å². The number of benzene rings is 2. The fraction of sp³-hybridized carbons (Fsp3) is 0.333. The Balaban J connectivity index is 2.21. The Morgan fingerprint density at radius 2 is 1.41 bits per heavy atom. The van der Waals surface area contributed by atoms with Crippen molar-refractivity contribution in [2.24, 2.45) is 5.73 Å². The standard InChI is InChI=1S/C18H22N2O2/c1-21-13-5-7-17-15(11-13)16-12-14(22-2)6-8-18(16)20(17)10-4-3-9-19/h5-8,11-12H,3-4,9-10,19H2,1-2H3. The van der Waals surface area contributed by atoms with E-state index in [1.165, 1.54) is 21.8 Å². The molecule has 0 bridgehead atoms. The quantitative estimate of drug-likeness (QED) is 0.708. The molecule has 0 aliphatic heterocycles. The Hall–Kier alpha value is -2.20. The fourth-order valence-corrected chi connectivity index (χ4v) is 2.97. The Bertz CT molecular complexity index is 731. The summed E-state index contributed by atoms with van der Waals surface area (Å²) in [6, 6.07) is 12.5. The summed E-state index contributed by atoms with van der Waals surface area (Å²) in [6.45, 7) is 1.70. The van der Waals surface area contributed by atoms with Crippen molar-refractivity contribution in [3.05, 3.63) is 36.4 Å². The van der Waals surface area contributed by atoms with E-state index >= 15 is 0 Å². The lowest BCUT2D eigenvalue weighted by atomic mass is 10.1. The third-order valence-electron chi connectivity index (χ3n) is 4.12. The topological polar surface area (TPSA) is 49.4 Å². The highest BCUT2D eigenvalue weighted by molar-refractivity contribution is 6.09. The first-order valence-electron chi connectivity index (χ1n) is 7.62. The zero-order valence-electron chi connectivity index (χ0n) is 13.1. The smallest absolute Gasteiger partial charge is 0.119 e. The molecule has 116 valence electrons. The number of rotatable bonds is 6. The molecule has 0 aliphatic rings. The maximum absolute atomic E-state index is 5.63. The van der Waals surface area contributed by atoms with Crippen molar-refractivity contribution in [3.8, 4) is 11.5 Å². The highest BCUT2D eigenvalue weighted by Gasteiger charge is 2.12. The monoisotopic (exact) mass is 298 g/mol. The zero-order chi connectivity index (χ0) is 15.5. The lowest BCUT2D eigenvalue weighted by molar-refractivity contribution is 0.415. The number of methoxy groups -OCH3 is 2. The van der Waals surface area contributed by atoms with E-state index in [1.54, 1.807) is 14.2 Å². The number of aromatic nitrogens is 1. The molecule has 1 heterocycles. The summed E-state index contributed by atoms with van der Waals surface area (Å²) < 4.78 is 13.1. The van der Waals surface area contributed by atoms with E-state index in [0.29, 0.717) is 0 Å². The summed E-state index contributed by atoms with van der Waals surface area (Å²) in [4.78, 5) is 0. The molecule has 0 spiro atoms. The Morgan fingerprint density at radius 3 is 1.86 bits per heavy atom. The molecule has 0 aliphatic carbocycles. The average Bonchev–Trinajstić information content (AvgIpc) is 2.87. The molecule has 1 aromatic heterocycles. The maximum atomic E-state index is 5.63. The molecule has 2 N–H and O–H groups in total. The number of hydrogen-bond donors (Lipinski definition) is 1. The molecule has 3 aromatic rings. The van der Waals surface area contributed by atoms with Gasteiger partial charge in [0.25, 0.3) is 0 Å². The summed E-state index contributed by atoms with van der Waals surface area (Å²) in [5.41, 5.74) is 8.07. The molecule has 0 atom stereocenters. The first-order chi connectivity index (χ1) is 10.8. The van der Waals surface area contributed by atoms with E-state index in [9.17, 15) is 0 Å². The van der Waals surface area contributed by atoms with E-state index in [1.807, 2.05) is 12.1 Å². The average molecular weight is 298 g/mol.